The van der Waals surface area contributed by atoms with Crippen LogP contribution in [0.5, 0.6) is 5.75 Å². The van der Waals surface area contributed by atoms with Crippen LogP contribution in [0.3, 0.4) is 0 Å². The van der Waals surface area contributed by atoms with E-state index in [-0.39, 0.29) is 17.7 Å². The van der Waals surface area contributed by atoms with Gasteiger partial charge in [-0.25, -0.2) is 4.98 Å². The lowest BCUT2D eigenvalue weighted by molar-refractivity contribution is 0.0786. The molecule has 1 atom stereocenters. The van der Waals surface area contributed by atoms with Gasteiger partial charge in [-0.3, -0.25) is 9.59 Å². The van der Waals surface area contributed by atoms with E-state index in [9.17, 15) is 9.59 Å². The van der Waals surface area contributed by atoms with E-state index in [1.165, 1.54) is 0 Å². The molecular formula is C23H24N4O4. The number of pyridine rings is 1. The second-order valence-electron chi connectivity index (χ2n) is 8.13. The fourth-order valence-corrected chi connectivity index (χ4v) is 4.33. The molecule has 1 aromatic carbocycles. The van der Waals surface area contributed by atoms with Gasteiger partial charge in [0.15, 0.2) is 0 Å². The Morgan fingerprint density at radius 1 is 1.16 bits per heavy atom. The molecule has 160 valence electrons. The average molecular weight is 420 g/mol. The van der Waals surface area contributed by atoms with Gasteiger partial charge in [-0.1, -0.05) is 17.3 Å². The topological polar surface area (TPSA) is 97.6 Å². The van der Waals surface area contributed by atoms with Gasteiger partial charge >= 0.3 is 0 Å². The van der Waals surface area contributed by atoms with E-state index < -0.39 is 0 Å². The molecule has 0 radical (unpaired) electrons. The summed E-state index contributed by atoms with van der Waals surface area (Å²) in [6.45, 7) is 1.09. The molecule has 2 amide bonds. The quantitative estimate of drug-likeness (QED) is 0.681. The third-order valence-electron chi connectivity index (χ3n) is 6.16. The SMILES string of the molecule is CNC(=O)c1cc(C2CC2)nc2onc(C3CCN(C(=O)c4ccccc4OC)C3)c12. The Hall–Kier alpha value is -3.42. The third kappa shape index (κ3) is 3.41. The number of amides is 2. The zero-order valence-electron chi connectivity index (χ0n) is 17.6. The summed E-state index contributed by atoms with van der Waals surface area (Å²) in [6, 6.07) is 9.09. The first-order valence-corrected chi connectivity index (χ1v) is 10.5. The number of ether oxygens (including phenoxy) is 1. The first-order valence-electron chi connectivity index (χ1n) is 10.5. The number of para-hydroxylation sites is 1. The van der Waals surface area contributed by atoms with Crippen LogP contribution in [-0.2, 0) is 0 Å². The van der Waals surface area contributed by atoms with Crippen molar-refractivity contribution in [2.75, 3.05) is 27.2 Å². The van der Waals surface area contributed by atoms with Crippen LogP contribution in [0, 0.1) is 0 Å². The smallest absolute Gasteiger partial charge is 0.259 e. The van der Waals surface area contributed by atoms with Gasteiger partial charge in [0.1, 0.15) is 5.75 Å². The van der Waals surface area contributed by atoms with Gasteiger partial charge in [0.25, 0.3) is 17.5 Å². The number of carbonyl (C=O) groups excluding carboxylic acids is 2. The van der Waals surface area contributed by atoms with Crippen LogP contribution < -0.4 is 10.1 Å². The summed E-state index contributed by atoms with van der Waals surface area (Å²) in [4.78, 5) is 32.1. The second kappa shape index (κ2) is 7.68. The summed E-state index contributed by atoms with van der Waals surface area (Å²) in [5.74, 6) is 0.660. The predicted octanol–water partition coefficient (Wildman–Crippen LogP) is 3.10. The monoisotopic (exact) mass is 420 g/mol. The number of benzene rings is 1. The number of rotatable bonds is 5. The lowest BCUT2D eigenvalue weighted by Gasteiger charge is -2.18. The Bertz CT molecular complexity index is 1170. The average Bonchev–Trinajstić information content (AvgIpc) is 3.39. The molecule has 1 aliphatic carbocycles. The van der Waals surface area contributed by atoms with E-state index >= 15 is 0 Å². The molecule has 8 heteroatoms. The molecule has 5 rings (SSSR count). The summed E-state index contributed by atoms with van der Waals surface area (Å²) in [6.07, 6.45) is 2.89. The molecule has 1 N–H and O–H groups in total. The predicted molar refractivity (Wildman–Crippen MR) is 113 cm³/mol. The van der Waals surface area contributed by atoms with Crippen LogP contribution in [-0.4, -0.2) is 54.1 Å². The Balaban J connectivity index is 1.46. The number of hydrogen-bond acceptors (Lipinski definition) is 6. The Morgan fingerprint density at radius 3 is 2.71 bits per heavy atom. The number of fused-ring (bicyclic) bond motifs is 1. The summed E-state index contributed by atoms with van der Waals surface area (Å²) in [7, 11) is 3.17. The molecule has 0 bridgehead atoms. The molecule has 2 aromatic heterocycles. The van der Waals surface area contributed by atoms with Gasteiger partial charge in [0, 0.05) is 37.7 Å². The highest BCUT2D eigenvalue weighted by molar-refractivity contribution is 6.06. The highest BCUT2D eigenvalue weighted by Gasteiger charge is 2.35. The molecule has 8 nitrogen and oxygen atoms in total. The lowest BCUT2D eigenvalue weighted by Crippen LogP contribution is -2.28. The Labute approximate surface area is 179 Å². The number of methoxy groups -OCH3 is 1. The molecule has 3 aromatic rings. The summed E-state index contributed by atoms with van der Waals surface area (Å²) in [5, 5.41) is 7.66. The molecule has 1 saturated heterocycles. The van der Waals surface area contributed by atoms with Crippen LogP contribution in [0.25, 0.3) is 11.1 Å². The second-order valence-corrected chi connectivity index (χ2v) is 8.13. The van der Waals surface area contributed by atoms with Crippen molar-refractivity contribution in [1.29, 1.82) is 0 Å². The van der Waals surface area contributed by atoms with Crippen LogP contribution in [0.15, 0.2) is 34.9 Å². The number of nitrogens with zero attached hydrogens (tertiary/aromatic N) is 3. The van der Waals surface area contributed by atoms with Gasteiger partial charge in [-0.15, -0.1) is 0 Å². The van der Waals surface area contributed by atoms with Crippen LogP contribution in [0.1, 0.15) is 63.2 Å². The molecule has 1 unspecified atom stereocenters. The van der Waals surface area contributed by atoms with Crippen LogP contribution in [0.4, 0.5) is 0 Å². The first kappa shape index (κ1) is 19.5. The molecule has 1 aliphatic heterocycles. The number of nitrogens with one attached hydrogen (secondary N) is 1. The molecule has 31 heavy (non-hydrogen) atoms. The van der Waals surface area contributed by atoms with E-state index in [0.29, 0.717) is 52.7 Å². The maximum atomic E-state index is 13.1. The van der Waals surface area contributed by atoms with Gasteiger partial charge in [0.05, 0.1) is 29.3 Å². The van der Waals surface area contributed by atoms with Crippen molar-refractivity contribution in [2.24, 2.45) is 0 Å². The number of hydrogen-bond donors (Lipinski definition) is 1. The summed E-state index contributed by atoms with van der Waals surface area (Å²) >= 11 is 0. The normalized spacial score (nSPS) is 18.4. The minimum absolute atomic E-state index is 0.0307. The van der Waals surface area contributed by atoms with E-state index in [0.717, 1.165) is 25.0 Å². The van der Waals surface area contributed by atoms with Gasteiger partial charge in [0.2, 0.25) is 0 Å². The maximum Gasteiger partial charge on any atom is 0.259 e. The Kier molecular flexibility index (Phi) is 4.84. The Morgan fingerprint density at radius 2 is 1.97 bits per heavy atom. The molecule has 1 saturated carbocycles. The van der Waals surface area contributed by atoms with Gasteiger partial charge in [-0.05, 0) is 37.5 Å². The minimum atomic E-state index is -0.182. The van der Waals surface area contributed by atoms with Crippen molar-refractivity contribution < 1.29 is 18.8 Å². The van der Waals surface area contributed by atoms with Gasteiger partial charge in [-0.2, -0.15) is 0 Å². The highest BCUT2D eigenvalue weighted by Crippen LogP contribution is 2.41. The lowest BCUT2D eigenvalue weighted by atomic mass is 9.98. The van der Waals surface area contributed by atoms with Crippen molar-refractivity contribution in [2.45, 2.75) is 31.1 Å². The molecule has 2 fully saturated rings. The zero-order chi connectivity index (χ0) is 21.5. The first-order chi connectivity index (χ1) is 15.1. The fourth-order valence-electron chi connectivity index (χ4n) is 4.33. The number of carbonyl (C=O) groups is 2. The molecule has 0 spiro atoms. The fraction of sp³-hybridized carbons (Fsp3) is 0.391. The van der Waals surface area contributed by atoms with E-state index in [1.807, 2.05) is 18.2 Å². The zero-order valence-corrected chi connectivity index (χ0v) is 17.6. The van der Waals surface area contributed by atoms with Crippen LogP contribution in [0.2, 0.25) is 0 Å². The third-order valence-corrected chi connectivity index (χ3v) is 6.16. The van der Waals surface area contributed by atoms with E-state index in [2.05, 4.69) is 15.5 Å². The highest BCUT2D eigenvalue weighted by atomic mass is 16.5. The van der Waals surface area contributed by atoms with Crippen LogP contribution >= 0.6 is 0 Å². The van der Waals surface area contributed by atoms with Crippen molar-refractivity contribution in [3.8, 4) is 5.75 Å². The number of likely N-dealkylation sites (tertiary alicyclic amines) is 1. The van der Waals surface area contributed by atoms with Crippen molar-refractivity contribution in [1.82, 2.24) is 20.4 Å². The summed E-state index contributed by atoms with van der Waals surface area (Å²) < 4.78 is 10.9. The minimum Gasteiger partial charge on any atom is -0.496 e. The maximum absolute atomic E-state index is 13.1. The standard InChI is InChI=1S/C23H24N4O4/c1-24-21(28)16-11-17(13-7-8-13)25-22-19(16)20(26-31-22)14-9-10-27(12-14)23(29)15-5-3-4-6-18(15)30-2/h3-6,11,13-14H,7-10,12H2,1-2H3,(H,24,28). The molecular weight excluding hydrogens is 396 g/mol. The van der Waals surface area contributed by atoms with Crippen molar-refractivity contribution in [3.63, 3.8) is 0 Å². The number of aromatic nitrogens is 2. The molecule has 2 aliphatic rings. The van der Waals surface area contributed by atoms with Crippen molar-refractivity contribution >= 4 is 22.9 Å². The summed E-state index contributed by atoms with van der Waals surface area (Å²) in [5.41, 5.74) is 3.05. The van der Waals surface area contributed by atoms with Crippen molar-refractivity contribution in [3.05, 3.63) is 52.8 Å². The van der Waals surface area contributed by atoms with E-state index in [1.54, 1.807) is 31.2 Å². The molecule has 3 heterocycles. The largest absolute Gasteiger partial charge is 0.496 e. The van der Waals surface area contributed by atoms with E-state index in [4.69, 9.17) is 9.26 Å². The van der Waals surface area contributed by atoms with Gasteiger partial charge < -0.3 is 19.5 Å².